The van der Waals surface area contributed by atoms with Crippen molar-refractivity contribution >= 4 is 37.6 Å². The molecule has 8 heteroatoms. The van der Waals surface area contributed by atoms with E-state index in [9.17, 15) is 13.2 Å². The van der Waals surface area contributed by atoms with Crippen molar-refractivity contribution in [3.63, 3.8) is 0 Å². The monoisotopic (exact) mass is 329 g/mol. The first-order chi connectivity index (χ1) is 9.89. The molecular formula is C13H19N3O3S2. The van der Waals surface area contributed by atoms with Crippen molar-refractivity contribution in [1.29, 1.82) is 0 Å². The molecule has 0 aromatic carbocycles. The number of nitrogens with two attached hydrogens (primary N) is 1. The maximum Gasteiger partial charge on any atom is 0.180 e. The third kappa shape index (κ3) is 2.79. The van der Waals surface area contributed by atoms with Crippen molar-refractivity contribution in [2.75, 3.05) is 43.1 Å². The number of nitrogen functional groups attached to an aromatic ring is 1. The number of nitrogens with zero attached hydrogens (tertiary/aromatic N) is 1. The van der Waals surface area contributed by atoms with Crippen molar-refractivity contribution < 1.29 is 13.2 Å². The fourth-order valence-corrected chi connectivity index (χ4v) is 5.34. The van der Waals surface area contributed by atoms with E-state index in [1.807, 2.05) is 4.90 Å². The number of rotatable bonds is 4. The molecule has 0 spiro atoms. The number of hydrogen-bond acceptors (Lipinski definition) is 7. The van der Waals surface area contributed by atoms with Crippen LogP contribution in [0.3, 0.4) is 0 Å². The highest BCUT2D eigenvalue weighted by atomic mass is 32.2. The molecule has 1 aliphatic carbocycles. The predicted molar refractivity (Wildman–Crippen MR) is 84.0 cm³/mol. The molecule has 1 aromatic heterocycles. The molecule has 3 rings (SSSR count). The van der Waals surface area contributed by atoms with E-state index in [0.717, 1.165) is 45.3 Å². The summed E-state index contributed by atoms with van der Waals surface area (Å²) in [5, 5.41) is 3.86. The second-order valence-electron chi connectivity index (χ2n) is 5.63. The van der Waals surface area contributed by atoms with Crippen LogP contribution in [0.15, 0.2) is 4.90 Å². The van der Waals surface area contributed by atoms with Gasteiger partial charge in [-0.1, -0.05) is 0 Å². The summed E-state index contributed by atoms with van der Waals surface area (Å²) >= 11 is 1.24. The van der Waals surface area contributed by atoms with Crippen LogP contribution in [0.5, 0.6) is 0 Å². The topological polar surface area (TPSA) is 92.5 Å². The predicted octanol–water partition coefficient (Wildman–Crippen LogP) is 0.736. The number of piperazine rings is 1. The van der Waals surface area contributed by atoms with Crippen LogP contribution in [0.25, 0.3) is 0 Å². The standard InChI is InChI=1S/C13H19N3O3S2/c1-21(18,19)12-9(14)11(10(17)8-2-3-8)20-13(12)16-6-4-15-5-7-16/h8,15H,2-7,14H2,1H3. The Kier molecular flexibility index (Phi) is 3.71. The lowest BCUT2D eigenvalue weighted by atomic mass is 10.2. The Hall–Kier alpha value is -1.12. The summed E-state index contributed by atoms with van der Waals surface area (Å²) < 4.78 is 24.2. The average molecular weight is 329 g/mol. The Balaban J connectivity index is 2.08. The smallest absolute Gasteiger partial charge is 0.180 e. The summed E-state index contributed by atoms with van der Waals surface area (Å²) in [6.07, 6.45) is 2.92. The highest BCUT2D eigenvalue weighted by molar-refractivity contribution is 7.91. The molecule has 1 saturated heterocycles. The van der Waals surface area contributed by atoms with Crippen LogP contribution in [0, 0.1) is 5.92 Å². The van der Waals surface area contributed by atoms with E-state index in [0.29, 0.717) is 9.88 Å². The van der Waals surface area contributed by atoms with Crippen LogP contribution in [0.4, 0.5) is 10.7 Å². The van der Waals surface area contributed by atoms with Crippen LogP contribution < -0.4 is 16.0 Å². The number of thiophene rings is 1. The summed E-state index contributed by atoms with van der Waals surface area (Å²) in [6.45, 7) is 3.04. The molecule has 2 heterocycles. The summed E-state index contributed by atoms with van der Waals surface area (Å²) in [5.41, 5.74) is 6.18. The summed E-state index contributed by atoms with van der Waals surface area (Å²) in [7, 11) is -3.46. The first-order valence-corrected chi connectivity index (χ1v) is 9.72. The van der Waals surface area contributed by atoms with E-state index in [1.54, 1.807) is 0 Å². The number of Topliss-reactive ketones (excluding diaryl/α,β-unsaturated/α-hetero) is 1. The number of sulfone groups is 1. The van der Waals surface area contributed by atoms with Crippen molar-refractivity contribution in [1.82, 2.24) is 5.32 Å². The third-order valence-electron chi connectivity index (χ3n) is 3.83. The van der Waals surface area contributed by atoms with E-state index in [1.165, 1.54) is 11.3 Å². The van der Waals surface area contributed by atoms with E-state index in [-0.39, 0.29) is 22.3 Å². The molecule has 1 saturated carbocycles. The van der Waals surface area contributed by atoms with Gasteiger partial charge in [-0.2, -0.15) is 0 Å². The van der Waals surface area contributed by atoms with Crippen molar-refractivity contribution in [2.24, 2.45) is 5.92 Å². The first kappa shape index (κ1) is 14.8. The van der Waals surface area contributed by atoms with Crippen molar-refractivity contribution in [3.8, 4) is 0 Å². The van der Waals surface area contributed by atoms with Crippen LogP contribution in [-0.2, 0) is 9.84 Å². The Morgan fingerprint density at radius 3 is 2.48 bits per heavy atom. The van der Waals surface area contributed by atoms with Gasteiger partial charge in [0.1, 0.15) is 9.90 Å². The normalized spacial score (nSPS) is 19.8. The van der Waals surface area contributed by atoms with Gasteiger partial charge in [-0.25, -0.2) is 8.42 Å². The zero-order valence-electron chi connectivity index (χ0n) is 11.9. The SMILES string of the molecule is CS(=O)(=O)c1c(N2CCNCC2)sc(C(=O)C2CC2)c1N. The third-order valence-corrected chi connectivity index (χ3v) is 6.39. The van der Waals surface area contributed by atoms with Gasteiger partial charge in [0.25, 0.3) is 0 Å². The molecule has 1 aromatic rings. The molecule has 0 radical (unpaired) electrons. The lowest BCUT2D eigenvalue weighted by Crippen LogP contribution is -2.43. The minimum Gasteiger partial charge on any atom is -0.396 e. The number of hydrogen-bond donors (Lipinski definition) is 2. The largest absolute Gasteiger partial charge is 0.396 e. The Morgan fingerprint density at radius 2 is 1.95 bits per heavy atom. The average Bonchev–Trinajstić information content (AvgIpc) is 3.21. The summed E-state index contributed by atoms with van der Waals surface area (Å²) in [5.74, 6) is 0.0398. The molecule has 6 nitrogen and oxygen atoms in total. The number of carbonyl (C=O) groups excluding carboxylic acids is 1. The highest BCUT2D eigenvalue weighted by Gasteiger charge is 2.36. The van der Waals surface area contributed by atoms with Gasteiger partial charge in [0.05, 0.1) is 10.6 Å². The fourth-order valence-electron chi connectivity index (χ4n) is 2.56. The number of nitrogens with one attached hydrogen (secondary N) is 1. The molecule has 116 valence electrons. The minimum absolute atomic E-state index is 0.00350. The van der Waals surface area contributed by atoms with Crippen LogP contribution in [0.1, 0.15) is 22.5 Å². The Bertz CT molecular complexity index is 671. The van der Waals surface area contributed by atoms with Gasteiger partial charge in [0, 0.05) is 38.4 Å². The van der Waals surface area contributed by atoms with E-state index in [2.05, 4.69) is 5.32 Å². The van der Waals surface area contributed by atoms with Gasteiger partial charge in [-0.05, 0) is 12.8 Å². The van der Waals surface area contributed by atoms with E-state index < -0.39 is 9.84 Å². The Labute approximate surface area is 128 Å². The maximum atomic E-state index is 12.3. The van der Waals surface area contributed by atoms with Gasteiger partial charge < -0.3 is 16.0 Å². The van der Waals surface area contributed by atoms with Crippen molar-refractivity contribution in [2.45, 2.75) is 17.7 Å². The van der Waals surface area contributed by atoms with E-state index in [4.69, 9.17) is 5.73 Å². The second kappa shape index (κ2) is 5.26. The molecule has 0 bridgehead atoms. The van der Waals surface area contributed by atoms with Gasteiger partial charge in [-0.15, -0.1) is 11.3 Å². The first-order valence-electron chi connectivity index (χ1n) is 7.02. The minimum atomic E-state index is -3.46. The zero-order valence-corrected chi connectivity index (χ0v) is 13.5. The van der Waals surface area contributed by atoms with Crippen LogP contribution in [-0.4, -0.2) is 46.6 Å². The van der Waals surface area contributed by atoms with Crippen LogP contribution >= 0.6 is 11.3 Å². The maximum absolute atomic E-state index is 12.3. The molecule has 1 aliphatic heterocycles. The molecule has 21 heavy (non-hydrogen) atoms. The quantitative estimate of drug-likeness (QED) is 0.792. The Morgan fingerprint density at radius 1 is 1.33 bits per heavy atom. The molecule has 2 aliphatic rings. The molecule has 0 unspecified atom stereocenters. The molecule has 0 amide bonds. The molecule has 0 atom stereocenters. The lowest BCUT2D eigenvalue weighted by molar-refractivity contribution is 0.0972. The van der Waals surface area contributed by atoms with Crippen molar-refractivity contribution in [3.05, 3.63) is 4.88 Å². The number of carbonyl (C=O) groups is 1. The van der Waals surface area contributed by atoms with Gasteiger partial charge >= 0.3 is 0 Å². The van der Waals surface area contributed by atoms with Crippen LogP contribution in [0.2, 0.25) is 0 Å². The van der Waals surface area contributed by atoms with Gasteiger partial charge in [-0.3, -0.25) is 4.79 Å². The lowest BCUT2D eigenvalue weighted by Gasteiger charge is -2.28. The number of ketones is 1. The molecule has 3 N–H and O–H groups in total. The molecule has 2 fully saturated rings. The second-order valence-corrected chi connectivity index (χ2v) is 8.58. The fraction of sp³-hybridized carbons (Fsp3) is 0.615. The van der Waals surface area contributed by atoms with E-state index >= 15 is 0 Å². The van der Waals surface area contributed by atoms with Gasteiger partial charge in [0.2, 0.25) is 0 Å². The summed E-state index contributed by atoms with van der Waals surface area (Å²) in [4.78, 5) is 14.9. The highest BCUT2D eigenvalue weighted by Crippen LogP contribution is 2.45. The summed E-state index contributed by atoms with van der Waals surface area (Å²) in [6, 6.07) is 0. The number of anilines is 2. The zero-order chi connectivity index (χ0) is 15.2. The van der Waals surface area contributed by atoms with Gasteiger partial charge in [0.15, 0.2) is 15.6 Å². The molecular weight excluding hydrogens is 310 g/mol.